The molecule has 0 atom stereocenters. The van der Waals surface area contributed by atoms with Crippen LogP contribution in [0.5, 0.6) is 0 Å². The van der Waals surface area contributed by atoms with Crippen LogP contribution in [-0.4, -0.2) is 47.6 Å². The highest BCUT2D eigenvalue weighted by molar-refractivity contribution is 6.04. The van der Waals surface area contributed by atoms with E-state index in [0.29, 0.717) is 22.6 Å². The van der Waals surface area contributed by atoms with Crippen LogP contribution in [0, 0.1) is 0 Å². The molecule has 3 rings (SSSR count). The Morgan fingerprint density at radius 1 is 1.03 bits per heavy atom. The first-order valence-electron chi connectivity index (χ1n) is 10.5. The van der Waals surface area contributed by atoms with Crippen LogP contribution in [0.15, 0.2) is 79.2 Å². The maximum absolute atomic E-state index is 12.8. The van der Waals surface area contributed by atoms with Crippen LogP contribution in [-0.2, 0) is 6.54 Å². The molecule has 0 aliphatic heterocycles. The minimum Gasteiger partial charge on any atom is -0.511 e. The summed E-state index contributed by atoms with van der Waals surface area (Å²) in [5.41, 5.74) is 9.32. The molecule has 0 fully saturated rings. The summed E-state index contributed by atoms with van der Waals surface area (Å²) >= 11 is 0. The number of aliphatic hydroxyl groups excluding tert-OH is 1. The van der Waals surface area contributed by atoms with Crippen LogP contribution >= 0.6 is 0 Å². The van der Waals surface area contributed by atoms with E-state index < -0.39 is 11.9 Å². The van der Waals surface area contributed by atoms with E-state index in [9.17, 15) is 14.7 Å². The Morgan fingerprint density at radius 2 is 1.74 bits per heavy atom. The number of nitrogens with zero attached hydrogens (tertiary/aromatic N) is 3. The van der Waals surface area contributed by atoms with Crippen molar-refractivity contribution < 1.29 is 14.7 Å². The first kappa shape index (κ1) is 24.1. The van der Waals surface area contributed by atoms with Gasteiger partial charge in [-0.25, -0.2) is 4.79 Å². The van der Waals surface area contributed by atoms with Crippen molar-refractivity contribution in [1.29, 1.82) is 0 Å². The Balaban J connectivity index is 1.67. The number of carbonyl (C=O) groups excluding carboxylic acids is 2. The van der Waals surface area contributed by atoms with Gasteiger partial charge >= 0.3 is 6.03 Å². The zero-order valence-corrected chi connectivity index (χ0v) is 19.2. The third kappa shape index (κ3) is 6.49. The molecule has 34 heavy (non-hydrogen) atoms. The topological polar surface area (TPSA) is 124 Å². The minimum atomic E-state index is -0.408. The smallest absolute Gasteiger partial charge is 0.322 e. The van der Waals surface area contributed by atoms with Crippen molar-refractivity contribution >= 4 is 34.7 Å². The first-order valence-corrected chi connectivity index (χ1v) is 10.5. The summed E-state index contributed by atoms with van der Waals surface area (Å²) in [5, 5.41) is 15.2. The summed E-state index contributed by atoms with van der Waals surface area (Å²) < 4.78 is 0. The highest BCUT2D eigenvalue weighted by Gasteiger charge is 2.17. The molecular weight excluding hydrogens is 432 g/mol. The lowest BCUT2D eigenvalue weighted by molar-refractivity contribution is 0.102. The Kier molecular flexibility index (Phi) is 7.71. The third-order valence-electron chi connectivity index (χ3n) is 4.94. The molecule has 1 heterocycles. The van der Waals surface area contributed by atoms with Crippen molar-refractivity contribution in [2.75, 3.05) is 41.9 Å². The standard InChI is InChI=1S/C25H28N6O3/c1-17(32)15-31(25(34)28-19-9-11-20(12-10-19)30(2)3)16-18-8-13-23(27-14-18)24(33)29-22-7-5-4-6-21(22)26/h4-14,32H,1,15-16,26H2,2-3H3,(H,28,34)(H,29,33). The summed E-state index contributed by atoms with van der Waals surface area (Å²) in [6.07, 6.45) is 1.51. The van der Waals surface area contributed by atoms with Crippen LogP contribution < -0.4 is 21.3 Å². The van der Waals surface area contributed by atoms with Gasteiger partial charge in [0.2, 0.25) is 0 Å². The predicted molar refractivity (Wildman–Crippen MR) is 135 cm³/mol. The maximum atomic E-state index is 12.8. The summed E-state index contributed by atoms with van der Waals surface area (Å²) in [6, 6.07) is 17.2. The van der Waals surface area contributed by atoms with Gasteiger partial charge in [0.25, 0.3) is 5.91 Å². The van der Waals surface area contributed by atoms with Crippen molar-refractivity contribution in [2.45, 2.75) is 6.54 Å². The van der Waals surface area contributed by atoms with Crippen molar-refractivity contribution in [2.24, 2.45) is 0 Å². The number of hydrogen-bond donors (Lipinski definition) is 4. The molecule has 2 aromatic carbocycles. The van der Waals surface area contributed by atoms with Crippen LogP contribution in [0.2, 0.25) is 0 Å². The number of carbonyl (C=O) groups is 2. The number of aliphatic hydroxyl groups is 1. The number of anilines is 4. The number of amides is 3. The number of aromatic nitrogens is 1. The number of urea groups is 1. The molecule has 3 aromatic rings. The van der Waals surface area contributed by atoms with E-state index in [4.69, 9.17) is 5.73 Å². The zero-order chi connectivity index (χ0) is 24.7. The van der Waals surface area contributed by atoms with Crippen molar-refractivity contribution in [3.05, 3.63) is 90.5 Å². The van der Waals surface area contributed by atoms with E-state index in [1.807, 2.05) is 31.1 Å². The monoisotopic (exact) mass is 460 g/mol. The molecule has 0 saturated carbocycles. The van der Waals surface area contributed by atoms with E-state index >= 15 is 0 Å². The lowest BCUT2D eigenvalue weighted by atomic mass is 10.2. The fourth-order valence-electron chi connectivity index (χ4n) is 3.14. The molecule has 9 heteroatoms. The first-order chi connectivity index (χ1) is 16.2. The molecule has 0 aliphatic rings. The van der Waals surface area contributed by atoms with Crippen molar-refractivity contribution in [1.82, 2.24) is 9.88 Å². The Labute approximate surface area is 198 Å². The van der Waals surface area contributed by atoms with Crippen LogP contribution in [0.1, 0.15) is 16.1 Å². The molecule has 5 N–H and O–H groups in total. The Bertz CT molecular complexity index is 1160. The summed E-state index contributed by atoms with van der Waals surface area (Å²) in [6.45, 7) is 3.59. The van der Waals surface area contributed by atoms with Crippen LogP contribution in [0.25, 0.3) is 0 Å². The van der Waals surface area contributed by atoms with Gasteiger partial charge < -0.3 is 31.3 Å². The third-order valence-corrected chi connectivity index (χ3v) is 4.94. The molecule has 0 unspecified atom stereocenters. The summed E-state index contributed by atoms with van der Waals surface area (Å²) in [7, 11) is 3.87. The Hall–Kier alpha value is -4.53. The Morgan fingerprint density at radius 3 is 2.32 bits per heavy atom. The average molecular weight is 461 g/mol. The lowest BCUT2D eigenvalue weighted by Crippen LogP contribution is -2.36. The summed E-state index contributed by atoms with van der Waals surface area (Å²) in [4.78, 5) is 32.9. The highest BCUT2D eigenvalue weighted by Crippen LogP contribution is 2.19. The number of benzene rings is 2. The highest BCUT2D eigenvalue weighted by atomic mass is 16.3. The fraction of sp³-hybridized carbons (Fsp3) is 0.160. The molecule has 9 nitrogen and oxygen atoms in total. The van der Waals surface area contributed by atoms with Gasteiger partial charge in [-0.05, 0) is 48.0 Å². The maximum Gasteiger partial charge on any atom is 0.322 e. The van der Waals surface area contributed by atoms with E-state index in [1.165, 1.54) is 11.1 Å². The van der Waals surface area contributed by atoms with E-state index in [-0.39, 0.29) is 24.5 Å². The molecule has 3 amide bonds. The second-order valence-corrected chi connectivity index (χ2v) is 7.89. The van der Waals surface area contributed by atoms with Gasteiger partial charge in [0.15, 0.2) is 0 Å². The number of nitrogen functional groups attached to an aromatic ring is 1. The largest absolute Gasteiger partial charge is 0.511 e. The molecule has 0 aliphatic carbocycles. The lowest BCUT2D eigenvalue weighted by Gasteiger charge is -2.23. The average Bonchev–Trinajstić information content (AvgIpc) is 2.80. The minimum absolute atomic E-state index is 0.0584. The van der Waals surface area contributed by atoms with Crippen LogP contribution in [0.4, 0.5) is 27.5 Å². The molecular formula is C25H28N6O3. The second kappa shape index (κ2) is 10.9. The van der Waals surface area contributed by atoms with Gasteiger partial charge in [-0.2, -0.15) is 0 Å². The van der Waals surface area contributed by atoms with Gasteiger partial charge in [0.1, 0.15) is 11.5 Å². The van der Waals surface area contributed by atoms with E-state index in [1.54, 1.807) is 48.5 Å². The molecule has 1 aromatic heterocycles. The SMILES string of the molecule is C=C(O)CN(Cc1ccc(C(=O)Nc2ccccc2N)nc1)C(=O)Nc1ccc(N(C)C)cc1. The number of hydrogen-bond acceptors (Lipinski definition) is 6. The number of nitrogens with one attached hydrogen (secondary N) is 2. The predicted octanol–water partition coefficient (Wildman–Crippen LogP) is 4.09. The normalized spacial score (nSPS) is 10.3. The van der Waals surface area contributed by atoms with Crippen molar-refractivity contribution in [3.63, 3.8) is 0 Å². The molecule has 176 valence electrons. The van der Waals surface area contributed by atoms with Gasteiger partial charge in [0.05, 0.1) is 17.9 Å². The number of nitrogens with two attached hydrogens (primary N) is 1. The number of rotatable bonds is 8. The zero-order valence-electron chi connectivity index (χ0n) is 19.2. The van der Waals surface area contributed by atoms with E-state index in [2.05, 4.69) is 22.2 Å². The summed E-state index contributed by atoms with van der Waals surface area (Å²) in [5.74, 6) is -0.550. The molecule has 0 radical (unpaired) electrons. The molecule has 0 bridgehead atoms. The van der Waals surface area contributed by atoms with Gasteiger partial charge in [0, 0.05) is 38.2 Å². The quantitative estimate of drug-likeness (QED) is 0.297. The van der Waals surface area contributed by atoms with E-state index in [0.717, 1.165) is 5.69 Å². The van der Waals surface area contributed by atoms with Crippen molar-refractivity contribution in [3.8, 4) is 0 Å². The van der Waals surface area contributed by atoms with Crippen LogP contribution in [0.3, 0.4) is 0 Å². The fourth-order valence-corrected chi connectivity index (χ4v) is 3.14. The van der Waals surface area contributed by atoms with Gasteiger partial charge in [-0.15, -0.1) is 0 Å². The second-order valence-electron chi connectivity index (χ2n) is 7.89. The van der Waals surface area contributed by atoms with Gasteiger partial charge in [-0.1, -0.05) is 24.8 Å². The van der Waals surface area contributed by atoms with Gasteiger partial charge in [-0.3, -0.25) is 9.78 Å². The number of para-hydroxylation sites is 2. The number of pyridine rings is 1. The molecule has 0 saturated heterocycles. The molecule has 0 spiro atoms.